The maximum atomic E-state index is 13.8. The molecule has 24 heavy (non-hydrogen) atoms. The largest absolute Gasteiger partial charge is 0.370 e. The second-order valence-electron chi connectivity index (χ2n) is 5.76. The van der Waals surface area contributed by atoms with E-state index in [1.165, 1.54) is 12.5 Å². The van der Waals surface area contributed by atoms with E-state index in [-0.39, 0.29) is 0 Å². The number of halogens is 3. The van der Waals surface area contributed by atoms with Crippen molar-refractivity contribution in [1.82, 2.24) is 0 Å². The van der Waals surface area contributed by atoms with E-state index in [1.807, 2.05) is 6.07 Å². The molecule has 3 rings (SSSR count). The van der Waals surface area contributed by atoms with E-state index in [0.717, 1.165) is 43.8 Å². The lowest BCUT2D eigenvalue weighted by molar-refractivity contribution is 0.101. The molecular weight excluding hydrogens is 334 g/mol. The normalized spacial score (nSPS) is 14.5. The number of hydrogen-bond acceptors (Lipinski definition) is 2. The van der Waals surface area contributed by atoms with Crippen molar-refractivity contribution in [3.8, 4) is 0 Å². The van der Waals surface area contributed by atoms with Crippen molar-refractivity contribution < 1.29 is 13.6 Å². The highest BCUT2D eigenvalue weighted by Gasteiger charge is 2.20. The van der Waals surface area contributed by atoms with E-state index in [0.29, 0.717) is 10.7 Å². The van der Waals surface area contributed by atoms with Crippen LogP contribution in [0.1, 0.15) is 29.6 Å². The van der Waals surface area contributed by atoms with Crippen LogP contribution in [0.4, 0.5) is 20.2 Å². The molecule has 1 aliphatic rings. The van der Waals surface area contributed by atoms with Gasteiger partial charge in [0.05, 0.1) is 11.4 Å². The smallest absolute Gasteiger partial charge is 0.261 e. The van der Waals surface area contributed by atoms with Gasteiger partial charge >= 0.3 is 0 Å². The summed E-state index contributed by atoms with van der Waals surface area (Å²) in [7, 11) is 0. The third-order valence-electron chi connectivity index (χ3n) is 4.09. The Hall–Kier alpha value is -2.14. The Labute approximate surface area is 144 Å². The monoisotopic (exact) mass is 350 g/mol. The van der Waals surface area contributed by atoms with Crippen LogP contribution in [0.2, 0.25) is 5.02 Å². The van der Waals surface area contributed by atoms with Crippen LogP contribution in [0.25, 0.3) is 0 Å². The molecule has 1 aliphatic heterocycles. The molecule has 0 spiro atoms. The molecule has 0 atom stereocenters. The number of anilines is 2. The molecule has 0 bridgehead atoms. The fourth-order valence-electron chi connectivity index (χ4n) is 2.92. The van der Waals surface area contributed by atoms with Gasteiger partial charge in [-0.25, -0.2) is 8.78 Å². The molecule has 1 fully saturated rings. The minimum absolute atomic E-state index is 0.445. The van der Waals surface area contributed by atoms with Crippen molar-refractivity contribution in [3.05, 3.63) is 58.6 Å². The van der Waals surface area contributed by atoms with Gasteiger partial charge in [0.1, 0.15) is 17.2 Å². The number of nitrogens with one attached hydrogen (secondary N) is 1. The first-order chi connectivity index (χ1) is 11.6. The lowest BCUT2D eigenvalue weighted by Gasteiger charge is -2.30. The van der Waals surface area contributed by atoms with Gasteiger partial charge in [-0.1, -0.05) is 17.7 Å². The van der Waals surface area contributed by atoms with Gasteiger partial charge in [-0.3, -0.25) is 4.79 Å². The molecule has 3 nitrogen and oxygen atoms in total. The molecule has 126 valence electrons. The van der Waals surface area contributed by atoms with E-state index < -0.39 is 23.1 Å². The topological polar surface area (TPSA) is 32.3 Å². The van der Waals surface area contributed by atoms with Crippen LogP contribution in [-0.4, -0.2) is 19.0 Å². The summed E-state index contributed by atoms with van der Waals surface area (Å²) in [5.41, 5.74) is 0.670. The minimum atomic E-state index is -0.894. The van der Waals surface area contributed by atoms with Crippen LogP contribution in [0.5, 0.6) is 0 Å². The summed E-state index contributed by atoms with van der Waals surface area (Å²) in [6, 6.07) is 8.50. The number of piperidine rings is 1. The molecule has 2 aromatic carbocycles. The zero-order valence-corrected chi connectivity index (χ0v) is 13.7. The summed E-state index contributed by atoms with van der Waals surface area (Å²) in [5.74, 6) is -2.62. The number of carbonyl (C=O) groups excluding carboxylic acids is 1. The van der Waals surface area contributed by atoms with Gasteiger partial charge < -0.3 is 10.2 Å². The predicted octanol–water partition coefficient (Wildman–Crippen LogP) is 4.86. The van der Waals surface area contributed by atoms with E-state index in [9.17, 15) is 13.6 Å². The third-order valence-corrected chi connectivity index (χ3v) is 4.33. The summed E-state index contributed by atoms with van der Waals surface area (Å²) >= 11 is 6.03. The zero-order valence-electron chi connectivity index (χ0n) is 13.0. The van der Waals surface area contributed by atoms with Gasteiger partial charge in [-0.05, 0) is 49.6 Å². The number of carbonyl (C=O) groups is 1. The Morgan fingerprint density at radius 1 is 1.04 bits per heavy atom. The van der Waals surface area contributed by atoms with Crippen molar-refractivity contribution >= 4 is 28.9 Å². The van der Waals surface area contributed by atoms with Crippen LogP contribution in [0.15, 0.2) is 36.4 Å². The van der Waals surface area contributed by atoms with E-state index in [1.54, 1.807) is 12.1 Å². The highest BCUT2D eigenvalue weighted by atomic mass is 35.5. The van der Waals surface area contributed by atoms with Crippen LogP contribution in [-0.2, 0) is 0 Å². The SMILES string of the molecule is O=C(Nc1cc(Cl)ccc1N1CCCCC1)c1c(F)cccc1F. The number of nitrogens with zero attached hydrogens (tertiary/aromatic N) is 1. The van der Waals surface area contributed by atoms with Gasteiger partial charge in [0, 0.05) is 18.1 Å². The molecule has 1 N–H and O–H groups in total. The van der Waals surface area contributed by atoms with Crippen molar-refractivity contribution in [1.29, 1.82) is 0 Å². The van der Waals surface area contributed by atoms with Gasteiger partial charge in [0.15, 0.2) is 0 Å². The Bertz CT molecular complexity index is 740. The highest BCUT2D eigenvalue weighted by Crippen LogP contribution is 2.31. The molecular formula is C18H17ClF2N2O. The molecule has 6 heteroatoms. The van der Waals surface area contributed by atoms with Gasteiger partial charge in [-0.2, -0.15) is 0 Å². The summed E-state index contributed by atoms with van der Waals surface area (Å²) in [4.78, 5) is 14.5. The van der Waals surface area contributed by atoms with Crippen LogP contribution in [0.3, 0.4) is 0 Å². The predicted molar refractivity (Wildman–Crippen MR) is 91.8 cm³/mol. The average Bonchev–Trinajstić information content (AvgIpc) is 2.55. The van der Waals surface area contributed by atoms with Crippen LogP contribution < -0.4 is 10.2 Å². The summed E-state index contributed by atoms with van der Waals surface area (Å²) < 4.78 is 27.6. The zero-order chi connectivity index (χ0) is 17.1. The molecule has 0 saturated carbocycles. The second kappa shape index (κ2) is 7.18. The molecule has 1 heterocycles. The van der Waals surface area contributed by atoms with E-state index in [2.05, 4.69) is 10.2 Å². The first-order valence-corrected chi connectivity index (χ1v) is 8.24. The fraction of sp³-hybridized carbons (Fsp3) is 0.278. The number of amides is 1. The van der Waals surface area contributed by atoms with Crippen molar-refractivity contribution in [2.75, 3.05) is 23.3 Å². The lowest BCUT2D eigenvalue weighted by atomic mass is 10.1. The standard InChI is InChI=1S/C18H17ClF2N2O/c19-12-7-8-16(23-9-2-1-3-10-23)15(11-12)22-18(24)17-13(20)5-4-6-14(17)21/h4-8,11H,1-3,9-10H2,(H,22,24). The van der Waals surface area contributed by atoms with Crippen molar-refractivity contribution in [2.45, 2.75) is 19.3 Å². The van der Waals surface area contributed by atoms with Crippen LogP contribution in [0, 0.1) is 11.6 Å². The Balaban J connectivity index is 1.91. The number of hydrogen-bond donors (Lipinski definition) is 1. The summed E-state index contributed by atoms with van der Waals surface area (Å²) in [6.45, 7) is 1.75. The Kier molecular flexibility index (Phi) is 5.00. The average molecular weight is 351 g/mol. The van der Waals surface area contributed by atoms with Crippen LogP contribution >= 0.6 is 11.6 Å². The third kappa shape index (κ3) is 3.51. The van der Waals surface area contributed by atoms with E-state index >= 15 is 0 Å². The Morgan fingerprint density at radius 3 is 2.38 bits per heavy atom. The maximum absolute atomic E-state index is 13.8. The lowest BCUT2D eigenvalue weighted by Crippen LogP contribution is -2.30. The highest BCUT2D eigenvalue weighted by molar-refractivity contribution is 6.31. The molecule has 0 aromatic heterocycles. The molecule has 2 aromatic rings. The molecule has 1 amide bonds. The van der Waals surface area contributed by atoms with Gasteiger partial charge in [-0.15, -0.1) is 0 Å². The van der Waals surface area contributed by atoms with E-state index in [4.69, 9.17) is 11.6 Å². The van der Waals surface area contributed by atoms with Gasteiger partial charge in [0.25, 0.3) is 5.91 Å². The molecule has 0 aliphatic carbocycles. The summed E-state index contributed by atoms with van der Waals surface area (Å²) in [6.07, 6.45) is 3.31. The first kappa shape index (κ1) is 16.7. The number of benzene rings is 2. The maximum Gasteiger partial charge on any atom is 0.261 e. The Morgan fingerprint density at radius 2 is 1.71 bits per heavy atom. The fourth-order valence-corrected chi connectivity index (χ4v) is 3.09. The quantitative estimate of drug-likeness (QED) is 0.857. The minimum Gasteiger partial charge on any atom is -0.370 e. The second-order valence-corrected chi connectivity index (χ2v) is 6.20. The van der Waals surface area contributed by atoms with Crippen molar-refractivity contribution in [2.24, 2.45) is 0 Å². The number of rotatable bonds is 3. The summed E-state index contributed by atoms with van der Waals surface area (Å²) in [5, 5.41) is 3.05. The van der Waals surface area contributed by atoms with Gasteiger partial charge in [0.2, 0.25) is 0 Å². The first-order valence-electron chi connectivity index (χ1n) is 7.86. The molecule has 1 saturated heterocycles. The van der Waals surface area contributed by atoms with Crippen molar-refractivity contribution in [3.63, 3.8) is 0 Å². The molecule has 0 unspecified atom stereocenters. The molecule has 0 radical (unpaired) electrons.